The number of fused-ring (bicyclic) bond motifs is 2. The predicted octanol–water partition coefficient (Wildman–Crippen LogP) is 6.19. The fourth-order valence-corrected chi connectivity index (χ4v) is 7.82. The number of hydrogen-bond acceptors (Lipinski definition) is 4. The number of halogens is 1. The molecule has 4 aromatic rings. The van der Waals surface area contributed by atoms with Crippen LogP contribution in [0.4, 0.5) is 5.69 Å². The van der Waals surface area contributed by atoms with E-state index in [2.05, 4.69) is 15.2 Å². The van der Waals surface area contributed by atoms with Gasteiger partial charge in [-0.25, -0.2) is 0 Å². The van der Waals surface area contributed by atoms with E-state index in [4.69, 9.17) is 11.6 Å². The van der Waals surface area contributed by atoms with Gasteiger partial charge in [0.15, 0.2) is 0 Å². The molecule has 0 radical (unpaired) electrons. The molecular formula is C40H48ClN5O3. The van der Waals surface area contributed by atoms with Crippen LogP contribution in [0.5, 0.6) is 0 Å². The number of piperidine rings is 1. The summed E-state index contributed by atoms with van der Waals surface area (Å²) in [5.41, 5.74) is 6.14. The minimum absolute atomic E-state index is 0.105. The monoisotopic (exact) mass is 681 g/mol. The van der Waals surface area contributed by atoms with Crippen molar-refractivity contribution in [2.45, 2.75) is 57.9 Å². The molecule has 2 aliphatic heterocycles. The van der Waals surface area contributed by atoms with Crippen LogP contribution in [0.1, 0.15) is 47.9 Å². The van der Waals surface area contributed by atoms with Gasteiger partial charge in [-0.1, -0.05) is 54.1 Å². The zero-order valence-corrected chi connectivity index (χ0v) is 29.6. The average molecular weight is 682 g/mol. The van der Waals surface area contributed by atoms with E-state index in [-0.39, 0.29) is 23.6 Å². The van der Waals surface area contributed by atoms with Gasteiger partial charge in [0.05, 0.1) is 6.42 Å². The molecule has 3 aromatic carbocycles. The molecule has 9 heteroatoms. The SMILES string of the molecule is Cc1ccccc1CC(=O)N1CCC(CCC(=O)N[C@H](Cc2c[nH]c3ccccc23)C(=O)N2C[C@@H](CN(C)C)Cc3cc(Cl)ccc32)CC1. The molecule has 1 saturated heterocycles. The molecule has 8 nitrogen and oxygen atoms in total. The Balaban J connectivity index is 1.12. The number of para-hydroxylation sites is 1. The lowest BCUT2D eigenvalue weighted by atomic mass is 9.90. The second-order valence-corrected chi connectivity index (χ2v) is 14.6. The lowest BCUT2D eigenvalue weighted by molar-refractivity contribution is -0.132. The van der Waals surface area contributed by atoms with Crippen LogP contribution in [0.3, 0.4) is 0 Å². The van der Waals surface area contributed by atoms with E-state index < -0.39 is 6.04 Å². The smallest absolute Gasteiger partial charge is 0.249 e. The zero-order chi connectivity index (χ0) is 34.5. The number of carbonyl (C=O) groups is 3. The molecule has 0 saturated carbocycles. The molecule has 6 rings (SSSR count). The van der Waals surface area contributed by atoms with Crippen LogP contribution in [0, 0.1) is 18.8 Å². The number of aryl methyl sites for hydroxylation is 1. The first-order valence-corrected chi connectivity index (χ1v) is 17.9. The maximum Gasteiger partial charge on any atom is 0.249 e. The van der Waals surface area contributed by atoms with Gasteiger partial charge in [-0.05, 0) is 105 Å². The number of nitrogens with one attached hydrogen (secondary N) is 2. The highest BCUT2D eigenvalue weighted by Gasteiger charge is 2.34. The van der Waals surface area contributed by atoms with E-state index in [0.717, 1.165) is 71.1 Å². The first-order valence-electron chi connectivity index (χ1n) is 17.6. The molecule has 0 aliphatic carbocycles. The van der Waals surface area contributed by atoms with Crippen LogP contribution in [0.2, 0.25) is 5.02 Å². The zero-order valence-electron chi connectivity index (χ0n) is 28.9. The maximum absolute atomic E-state index is 14.5. The number of H-pyrrole nitrogens is 1. The highest BCUT2D eigenvalue weighted by molar-refractivity contribution is 6.30. The summed E-state index contributed by atoms with van der Waals surface area (Å²) in [7, 11) is 4.10. The first kappa shape index (κ1) is 34.7. The molecular weight excluding hydrogens is 634 g/mol. The summed E-state index contributed by atoms with van der Waals surface area (Å²) in [6.45, 7) is 4.89. The highest BCUT2D eigenvalue weighted by atomic mass is 35.5. The number of aromatic nitrogens is 1. The molecule has 258 valence electrons. The van der Waals surface area contributed by atoms with Crippen LogP contribution in [-0.2, 0) is 33.6 Å². The normalized spacial score (nSPS) is 17.3. The van der Waals surface area contributed by atoms with E-state index in [1.165, 1.54) is 0 Å². The van der Waals surface area contributed by atoms with Gasteiger partial charge in [0.2, 0.25) is 17.7 Å². The minimum atomic E-state index is -0.728. The molecule has 3 amide bonds. The van der Waals surface area contributed by atoms with Crippen molar-refractivity contribution < 1.29 is 14.4 Å². The Labute approximate surface area is 294 Å². The fraction of sp³-hybridized carbons (Fsp3) is 0.425. The molecule has 3 heterocycles. The fourth-order valence-electron chi connectivity index (χ4n) is 7.62. The van der Waals surface area contributed by atoms with Crippen molar-refractivity contribution in [2.24, 2.45) is 11.8 Å². The van der Waals surface area contributed by atoms with Gasteiger partial charge in [-0.15, -0.1) is 0 Å². The van der Waals surface area contributed by atoms with E-state index in [0.29, 0.717) is 49.8 Å². The Morgan fingerprint density at radius 2 is 1.73 bits per heavy atom. The largest absolute Gasteiger partial charge is 0.361 e. The van der Waals surface area contributed by atoms with Gasteiger partial charge in [-0.3, -0.25) is 14.4 Å². The number of benzene rings is 3. The Morgan fingerprint density at radius 3 is 2.51 bits per heavy atom. The minimum Gasteiger partial charge on any atom is -0.361 e. The molecule has 49 heavy (non-hydrogen) atoms. The number of carbonyl (C=O) groups excluding carboxylic acids is 3. The molecule has 2 N–H and O–H groups in total. The van der Waals surface area contributed by atoms with Crippen molar-refractivity contribution >= 4 is 45.9 Å². The quantitative estimate of drug-likeness (QED) is 0.198. The van der Waals surface area contributed by atoms with Crippen molar-refractivity contribution in [3.8, 4) is 0 Å². The van der Waals surface area contributed by atoms with E-state index in [1.807, 2.05) is 104 Å². The van der Waals surface area contributed by atoms with E-state index in [1.54, 1.807) is 0 Å². The third-order valence-electron chi connectivity index (χ3n) is 10.3. The van der Waals surface area contributed by atoms with Crippen molar-refractivity contribution in [3.63, 3.8) is 0 Å². The molecule has 2 atom stereocenters. The first-order chi connectivity index (χ1) is 23.6. The molecule has 2 aliphatic rings. The summed E-state index contributed by atoms with van der Waals surface area (Å²) in [4.78, 5) is 50.5. The van der Waals surface area contributed by atoms with Gasteiger partial charge in [0.25, 0.3) is 0 Å². The number of aromatic amines is 1. The predicted molar refractivity (Wildman–Crippen MR) is 197 cm³/mol. The molecule has 0 bridgehead atoms. The number of likely N-dealkylation sites (tertiary alicyclic amines) is 1. The topological polar surface area (TPSA) is 88.8 Å². The third-order valence-corrected chi connectivity index (χ3v) is 10.5. The van der Waals surface area contributed by atoms with Crippen molar-refractivity contribution in [1.82, 2.24) is 20.1 Å². The summed E-state index contributed by atoms with van der Waals surface area (Å²) in [5.74, 6) is 0.546. The molecule has 1 fully saturated rings. The van der Waals surface area contributed by atoms with Crippen LogP contribution in [-0.4, -0.2) is 78.8 Å². The molecule has 1 aromatic heterocycles. The number of rotatable bonds is 11. The summed E-state index contributed by atoms with van der Waals surface area (Å²) in [6, 6.07) is 21.1. The molecule has 0 spiro atoms. The van der Waals surface area contributed by atoms with Crippen molar-refractivity contribution in [1.29, 1.82) is 0 Å². The summed E-state index contributed by atoms with van der Waals surface area (Å²) in [6.07, 6.45) is 6.43. The second kappa shape index (κ2) is 15.6. The highest BCUT2D eigenvalue weighted by Crippen LogP contribution is 2.33. The van der Waals surface area contributed by atoms with Crippen molar-refractivity contribution in [3.05, 3.63) is 100 Å². The Hall–Kier alpha value is -4.14. The van der Waals surface area contributed by atoms with Crippen LogP contribution in [0.15, 0.2) is 72.9 Å². The second-order valence-electron chi connectivity index (χ2n) is 14.2. The summed E-state index contributed by atoms with van der Waals surface area (Å²) >= 11 is 6.41. The number of hydrogen-bond donors (Lipinski definition) is 2. The van der Waals surface area contributed by atoms with Gasteiger partial charge in [0, 0.05) is 66.8 Å². The maximum atomic E-state index is 14.5. The Kier molecular flexibility index (Phi) is 11.1. The average Bonchev–Trinajstić information content (AvgIpc) is 3.49. The Bertz CT molecular complexity index is 1790. The van der Waals surface area contributed by atoms with Crippen LogP contribution in [0.25, 0.3) is 10.9 Å². The summed E-state index contributed by atoms with van der Waals surface area (Å²) in [5, 5.41) is 4.87. The molecule has 0 unspecified atom stereocenters. The van der Waals surface area contributed by atoms with E-state index in [9.17, 15) is 14.4 Å². The van der Waals surface area contributed by atoms with Crippen molar-refractivity contribution in [2.75, 3.05) is 45.2 Å². The van der Waals surface area contributed by atoms with Gasteiger partial charge in [0.1, 0.15) is 6.04 Å². The number of anilines is 1. The third kappa shape index (κ3) is 8.54. The summed E-state index contributed by atoms with van der Waals surface area (Å²) < 4.78 is 0. The lowest BCUT2D eigenvalue weighted by Gasteiger charge is -2.37. The van der Waals surface area contributed by atoms with Gasteiger partial charge < -0.3 is 25.0 Å². The van der Waals surface area contributed by atoms with E-state index >= 15 is 0 Å². The lowest BCUT2D eigenvalue weighted by Crippen LogP contribution is -2.53. The van der Waals surface area contributed by atoms with Crippen LogP contribution < -0.4 is 10.2 Å². The number of amides is 3. The number of nitrogens with zero attached hydrogens (tertiary/aromatic N) is 3. The van der Waals surface area contributed by atoms with Gasteiger partial charge >= 0.3 is 0 Å². The Morgan fingerprint density at radius 1 is 0.980 bits per heavy atom. The van der Waals surface area contributed by atoms with Gasteiger partial charge in [-0.2, -0.15) is 0 Å². The standard InChI is InChI=1S/C40H48ClN5O3/c1-27-8-4-5-9-30(27)23-39(48)45-18-16-28(17-19-45)12-15-38(47)43-36(22-32-24-42-35-11-7-6-10-34(32)35)40(49)46-26-29(25-44(2)3)20-31-21-33(41)13-14-37(31)46/h4-11,13-14,21,24,28-29,36,42H,12,15-20,22-23,25-26H2,1-3H3,(H,43,47)/t29-,36-/m1/s1. The van der Waals surface area contributed by atoms with Crippen LogP contribution >= 0.6 is 11.6 Å².